The number of sulfonamides is 1. The van der Waals surface area contributed by atoms with Gasteiger partial charge in [-0.3, -0.25) is 4.98 Å². The summed E-state index contributed by atoms with van der Waals surface area (Å²) in [6, 6.07) is 0.430. The minimum atomic E-state index is -4.72. The van der Waals surface area contributed by atoms with Crippen molar-refractivity contribution in [3.63, 3.8) is 0 Å². The zero-order valence-corrected chi connectivity index (χ0v) is 10.6. The lowest BCUT2D eigenvalue weighted by Gasteiger charge is -2.09. The number of hydrogen-bond donors (Lipinski definition) is 1. The van der Waals surface area contributed by atoms with Crippen LogP contribution in [0.1, 0.15) is 5.56 Å². The van der Waals surface area contributed by atoms with Crippen molar-refractivity contribution in [2.45, 2.75) is 11.1 Å². The van der Waals surface area contributed by atoms with Crippen LogP contribution in [0.2, 0.25) is 0 Å². The second-order valence-electron chi connectivity index (χ2n) is 3.36. The minimum Gasteiger partial charge on any atom is -0.252 e. The number of nitrogens with zero attached hydrogens (tertiary/aromatic N) is 3. The molecular formula is C8H5F3N4O2S2. The molecule has 2 aromatic rings. The number of halogens is 3. The zero-order chi connectivity index (χ0) is 14.3. The highest BCUT2D eigenvalue weighted by atomic mass is 32.2. The molecule has 6 nitrogen and oxygen atoms in total. The van der Waals surface area contributed by atoms with Crippen LogP contribution in [0.4, 0.5) is 13.2 Å². The smallest absolute Gasteiger partial charge is 0.252 e. The van der Waals surface area contributed by atoms with Crippen molar-refractivity contribution in [1.29, 1.82) is 0 Å². The molecule has 0 aliphatic heterocycles. The molecule has 0 spiro atoms. The Morgan fingerprint density at radius 1 is 1.26 bits per heavy atom. The van der Waals surface area contributed by atoms with Gasteiger partial charge in [0.05, 0.1) is 5.56 Å². The molecule has 19 heavy (non-hydrogen) atoms. The van der Waals surface area contributed by atoms with Crippen molar-refractivity contribution in [2.24, 2.45) is 5.14 Å². The molecule has 11 heteroatoms. The molecule has 0 atom stereocenters. The number of pyridine rings is 1. The molecule has 0 radical (unpaired) electrons. The molecule has 0 unspecified atom stereocenters. The van der Waals surface area contributed by atoms with E-state index in [2.05, 4.69) is 14.3 Å². The fourth-order valence-electron chi connectivity index (χ4n) is 1.25. The van der Waals surface area contributed by atoms with E-state index in [9.17, 15) is 21.6 Å². The number of nitrogens with two attached hydrogens (primary N) is 1. The highest BCUT2D eigenvalue weighted by Gasteiger charge is 2.33. The van der Waals surface area contributed by atoms with Gasteiger partial charge in [-0.05, 0) is 17.6 Å². The molecule has 102 valence electrons. The monoisotopic (exact) mass is 310 g/mol. The van der Waals surface area contributed by atoms with Gasteiger partial charge >= 0.3 is 6.18 Å². The summed E-state index contributed by atoms with van der Waals surface area (Å²) < 4.78 is 63.9. The van der Waals surface area contributed by atoms with E-state index in [4.69, 9.17) is 5.14 Å². The molecule has 2 N–H and O–H groups in total. The van der Waals surface area contributed by atoms with E-state index in [0.717, 1.165) is 17.9 Å². The Morgan fingerprint density at radius 2 is 1.95 bits per heavy atom. The number of aromatic nitrogens is 3. The Morgan fingerprint density at radius 3 is 2.42 bits per heavy atom. The summed E-state index contributed by atoms with van der Waals surface area (Å²) in [5.74, 6) is 0. The van der Waals surface area contributed by atoms with Crippen molar-refractivity contribution >= 4 is 21.6 Å². The van der Waals surface area contributed by atoms with Crippen molar-refractivity contribution in [2.75, 3.05) is 0 Å². The van der Waals surface area contributed by atoms with E-state index in [-0.39, 0.29) is 10.7 Å². The van der Waals surface area contributed by atoms with Crippen LogP contribution >= 0.6 is 11.5 Å². The predicted octanol–water partition coefficient (Wildman–Crippen LogP) is 1.27. The van der Waals surface area contributed by atoms with Gasteiger partial charge in [-0.1, -0.05) is 0 Å². The van der Waals surface area contributed by atoms with Gasteiger partial charge in [-0.25, -0.2) is 18.5 Å². The fraction of sp³-hybridized carbons (Fsp3) is 0.125. The van der Waals surface area contributed by atoms with Crippen molar-refractivity contribution < 1.29 is 21.6 Å². The molecule has 0 aromatic carbocycles. The highest BCUT2D eigenvalue weighted by Crippen LogP contribution is 2.33. The Balaban J connectivity index is 2.70. The summed E-state index contributed by atoms with van der Waals surface area (Å²) in [5, 5.41) is 4.96. The molecule has 2 rings (SSSR count). The molecule has 0 bridgehead atoms. The summed E-state index contributed by atoms with van der Waals surface area (Å²) >= 11 is 0.795. The quantitative estimate of drug-likeness (QED) is 0.900. The van der Waals surface area contributed by atoms with Crippen LogP contribution in [0.15, 0.2) is 23.5 Å². The average molecular weight is 310 g/mol. The van der Waals surface area contributed by atoms with Crippen molar-refractivity contribution in [1.82, 2.24) is 14.3 Å². The first-order valence-corrected chi connectivity index (χ1v) is 6.88. The van der Waals surface area contributed by atoms with Crippen LogP contribution in [0.3, 0.4) is 0 Å². The number of alkyl halides is 3. The van der Waals surface area contributed by atoms with Gasteiger partial charge in [-0.2, -0.15) is 17.5 Å². The van der Waals surface area contributed by atoms with Crippen LogP contribution in [-0.4, -0.2) is 22.8 Å². The maximum Gasteiger partial charge on any atom is 0.417 e. The third kappa shape index (κ3) is 2.88. The van der Waals surface area contributed by atoms with E-state index >= 15 is 0 Å². The first-order chi connectivity index (χ1) is 8.69. The molecule has 0 aliphatic carbocycles. The second-order valence-corrected chi connectivity index (χ2v) is 5.67. The molecule has 2 aromatic heterocycles. The van der Waals surface area contributed by atoms with E-state index in [1.807, 2.05) is 0 Å². The number of hydrogen-bond acceptors (Lipinski definition) is 6. The average Bonchev–Trinajstić information content (AvgIpc) is 2.79. The van der Waals surface area contributed by atoms with E-state index < -0.39 is 26.7 Å². The summed E-state index contributed by atoms with van der Waals surface area (Å²) in [6.45, 7) is 0. The minimum absolute atomic E-state index is 0.0674. The third-order valence-electron chi connectivity index (χ3n) is 2.05. The first-order valence-electron chi connectivity index (χ1n) is 4.56. The lowest BCUT2D eigenvalue weighted by atomic mass is 10.2. The van der Waals surface area contributed by atoms with Gasteiger partial charge in [0, 0.05) is 6.20 Å². The van der Waals surface area contributed by atoms with Gasteiger partial charge < -0.3 is 0 Å². The molecule has 0 fully saturated rings. The second kappa shape index (κ2) is 4.51. The van der Waals surface area contributed by atoms with Gasteiger partial charge in [0.2, 0.25) is 10.0 Å². The van der Waals surface area contributed by atoms with Gasteiger partial charge in [0.15, 0.2) is 5.01 Å². The van der Waals surface area contributed by atoms with Crippen LogP contribution in [-0.2, 0) is 16.2 Å². The molecule has 2 heterocycles. The normalized spacial score (nSPS) is 12.6. The van der Waals surface area contributed by atoms with Crippen LogP contribution in [0, 0.1) is 0 Å². The summed E-state index contributed by atoms with van der Waals surface area (Å²) in [7, 11) is -4.37. The Hall–Kier alpha value is -1.59. The van der Waals surface area contributed by atoms with Crippen LogP contribution in [0.5, 0.6) is 0 Å². The van der Waals surface area contributed by atoms with Gasteiger partial charge in [-0.15, -0.1) is 0 Å². The van der Waals surface area contributed by atoms with Crippen LogP contribution in [0.25, 0.3) is 10.7 Å². The number of primary sulfonamides is 1. The van der Waals surface area contributed by atoms with E-state index in [0.29, 0.717) is 12.3 Å². The Labute approximate surface area is 109 Å². The van der Waals surface area contributed by atoms with Gasteiger partial charge in [0.25, 0.3) is 0 Å². The van der Waals surface area contributed by atoms with Crippen molar-refractivity contribution in [3.05, 3.63) is 24.2 Å². The summed E-state index contributed by atoms with van der Waals surface area (Å²) in [6.07, 6.45) is -3.07. The number of rotatable bonds is 2. The molecule has 0 aliphatic rings. The van der Waals surface area contributed by atoms with Crippen molar-refractivity contribution in [3.8, 4) is 10.7 Å². The topological polar surface area (TPSA) is 98.8 Å². The lowest BCUT2D eigenvalue weighted by molar-refractivity contribution is -0.138. The molecule has 0 amide bonds. The first kappa shape index (κ1) is 13.8. The standard InChI is InChI=1S/C8H5F3N4O2S2/c9-8(10,11)4-1-5(19(12,16)17)6(13-2-4)7-14-3-15-18-7/h1-3H,(H2,12,16,17). The predicted molar refractivity (Wildman–Crippen MR) is 59.5 cm³/mol. The third-order valence-corrected chi connectivity index (χ3v) is 3.65. The highest BCUT2D eigenvalue weighted by molar-refractivity contribution is 7.89. The maximum atomic E-state index is 12.5. The SMILES string of the molecule is NS(=O)(=O)c1cc(C(F)(F)F)cnc1-c1ncns1. The van der Waals surface area contributed by atoms with E-state index in [1.54, 1.807) is 0 Å². The summed E-state index contributed by atoms with van der Waals surface area (Å²) in [5.41, 5.74) is -1.46. The van der Waals surface area contributed by atoms with Gasteiger partial charge in [0.1, 0.15) is 16.9 Å². The molecule has 0 saturated carbocycles. The lowest BCUT2D eigenvalue weighted by Crippen LogP contribution is -2.16. The molecular weight excluding hydrogens is 305 g/mol. The largest absolute Gasteiger partial charge is 0.417 e. The zero-order valence-electron chi connectivity index (χ0n) is 8.92. The summed E-state index contributed by atoms with van der Waals surface area (Å²) in [4.78, 5) is 6.44. The van der Waals surface area contributed by atoms with Crippen LogP contribution < -0.4 is 5.14 Å². The molecule has 0 saturated heterocycles. The Bertz CT molecular complexity index is 697. The fourth-order valence-corrected chi connectivity index (χ4v) is 2.57. The van der Waals surface area contributed by atoms with E-state index in [1.165, 1.54) is 0 Å². The maximum absolute atomic E-state index is 12.5. The Kier molecular flexibility index (Phi) is 3.28.